The second-order valence-electron chi connectivity index (χ2n) is 4.93. The average molecular weight is 288 g/mol. The van der Waals surface area contributed by atoms with Gasteiger partial charge in [-0.3, -0.25) is 5.10 Å². The third kappa shape index (κ3) is 3.53. The number of aromatic amines is 1. The van der Waals surface area contributed by atoms with Gasteiger partial charge >= 0.3 is 0 Å². The number of aliphatic hydroxyl groups is 1. The molecule has 1 aliphatic heterocycles. The van der Waals surface area contributed by atoms with Gasteiger partial charge in [-0.2, -0.15) is 22.5 Å². The molecule has 2 atom stereocenters. The lowest BCUT2D eigenvalue weighted by molar-refractivity contribution is 0.164. The molecule has 2 unspecified atom stereocenters. The summed E-state index contributed by atoms with van der Waals surface area (Å²) in [5.41, 5.74) is 0.791. The molecule has 2 heterocycles. The van der Waals surface area contributed by atoms with Gasteiger partial charge in [-0.15, -0.1) is 0 Å². The average Bonchev–Trinajstić information content (AvgIpc) is 2.92. The summed E-state index contributed by atoms with van der Waals surface area (Å²) in [5.74, 6) is 0.0366. The Morgan fingerprint density at radius 2 is 2.47 bits per heavy atom. The summed E-state index contributed by atoms with van der Waals surface area (Å²) < 4.78 is 28.6. The van der Waals surface area contributed by atoms with Crippen molar-refractivity contribution in [3.05, 3.63) is 18.0 Å². The van der Waals surface area contributed by atoms with E-state index in [2.05, 4.69) is 14.9 Å². The molecule has 0 radical (unpaired) electrons. The summed E-state index contributed by atoms with van der Waals surface area (Å²) >= 11 is 0. The van der Waals surface area contributed by atoms with Crippen molar-refractivity contribution in [1.82, 2.24) is 19.2 Å². The Hall–Kier alpha value is -0.960. The van der Waals surface area contributed by atoms with Crippen LogP contribution in [0.4, 0.5) is 0 Å². The summed E-state index contributed by atoms with van der Waals surface area (Å²) in [6.45, 7) is 2.69. The number of nitrogens with zero attached hydrogens (tertiary/aromatic N) is 2. The van der Waals surface area contributed by atoms with Crippen molar-refractivity contribution in [2.75, 3.05) is 19.7 Å². The molecule has 0 spiro atoms. The number of hydrogen-bond acceptors (Lipinski definition) is 4. The van der Waals surface area contributed by atoms with Crippen LogP contribution < -0.4 is 4.72 Å². The highest BCUT2D eigenvalue weighted by atomic mass is 32.2. The number of piperidine rings is 1. The lowest BCUT2D eigenvalue weighted by Crippen LogP contribution is -2.47. The minimum Gasteiger partial charge on any atom is -0.396 e. The van der Waals surface area contributed by atoms with Crippen LogP contribution >= 0.6 is 0 Å². The fraction of sp³-hybridized carbons (Fsp3) is 0.727. The number of aliphatic hydroxyl groups excluding tert-OH is 1. The van der Waals surface area contributed by atoms with Gasteiger partial charge in [0.05, 0.1) is 6.20 Å². The highest BCUT2D eigenvalue weighted by Gasteiger charge is 2.29. The van der Waals surface area contributed by atoms with E-state index in [-0.39, 0.29) is 18.6 Å². The molecule has 7 nitrogen and oxygen atoms in total. The maximum atomic E-state index is 12.3. The van der Waals surface area contributed by atoms with Crippen molar-refractivity contribution in [1.29, 1.82) is 0 Å². The zero-order chi connectivity index (χ0) is 13.9. The van der Waals surface area contributed by atoms with E-state index in [9.17, 15) is 8.42 Å². The molecular weight excluding hydrogens is 268 g/mol. The van der Waals surface area contributed by atoms with Gasteiger partial charge in [-0.1, -0.05) is 0 Å². The zero-order valence-electron chi connectivity index (χ0n) is 10.9. The highest BCUT2D eigenvalue weighted by molar-refractivity contribution is 7.87. The molecular formula is C11H20N4O3S. The molecule has 0 aromatic carbocycles. The Bertz CT molecular complexity index is 488. The largest absolute Gasteiger partial charge is 0.396 e. The summed E-state index contributed by atoms with van der Waals surface area (Å²) in [7, 11) is -3.52. The second kappa shape index (κ2) is 6.00. The lowest BCUT2D eigenvalue weighted by atomic mass is 10.0. The van der Waals surface area contributed by atoms with E-state index in [1.807, 2.05) is 0 Å². The molecule has 0 bridgehead atoms. The van der Waals surface area contributed by atoms with Gasteiger partial charge in [0.2, 0.25) is 0 Å². The van der Waals surface area contributed by atoms with Gasteiger partial charge in [0.25, 0.3) is 10.2 Å². The van der Waals surface area contributed by atoms with Crippen LogP contribution in [0.5, 0.6) is 0 Å². The third-order valence-corrected chi connectivity index (χ3v) is 5.09. The van der Waals surface area contributed by atoms with E-state index in [1.54, 1.807) is 19.3 Å². The van der Waals surface area contributed by atoms with E-state index in [4.69, 9.17) is 5.11 Å². The minimum atomic E-state index is -3.52. The van der Waals surface area contributed by atoms with Crippen molar-refractivity contribution in [3.63, 3.8) is 0 Å². The first-order valence-electron chi connectivity index (χ1n) is 6.40. The smallest absolute Gasteiger partial charge is 0.280 e. The second-order valence-corrected chi connectivity index (χ2v) is 6.63. The first-order chi connectivity index (χ1) is 9.03. The van der Waals surface area contributed by atoms with Crippen LogP contribution in [0.3, 0.4) is 0 Å². The third-order valence-electron chi connectivity index (χ3n) is 3.42. The molecule has 1 saturated heterocycles. The fourth-order valence-corrected chi connectivity index (χ4v) is 3.77. The van der Waals surface area contributed by atoms with Crippen molar-refractivity contribution < 1.29 is 13.5 Å². The fourth-order valence-electron chi connectivity index (χ4n) is 2.26. The number of nitrogens with one attached hydrogen (secondary N) is 2. The Balaban J connectivity index is 2.01. The maximum absolute atomic E-state index is 12.3. The molecule has 1 aliphatic rings. The van der Waals surface area contributed by atoms with E-state index in [0.29, 0.717) is 13.1 Å². The highest BCUT2D eigenvalue weighted by Crippen LogP contribution is 2.20. The molecule has 8 heteroatoms. The van der Waals surface area contributed by atoms with Crippen molar-refractivity contribution >= 4 is 10.2 Å². The maximum Gasteiger partial charge on any atom is 0.280 e. The molecule has 2 rings (SSSR count). The quantitative estimate of drug-likeness (QED) is 0.711. The summed E-state index contributed by atoms with van der Waals surface area (Å²) in [6.07, 6.45) is 4.92. The Labute approximate surface area is 113 Å². The van der Waals surface area contributed by atoms with Crippen molar-refractivity contribution in [2.45, 2.75) is 25.8 Å². The predicted octanol–water partition coefficient (Wildman–Crippen LogP) is 0.00940. The first-order valence-corrected chi connectivity index (χ1v) is 7.84. The van der Waals surface area contributed by atoms with Crippen LogP contribution in [0.25, 0.3) is 0 Å². The van der Waals surface area contributed by atoms with Crippen molar-refractivity contribution in [3.8, 4) is 0 Å². The number of hydrogen-bond donors (Lipinski definition) is 3. The molecule has 1 fully saturated rings. The van der Waals surface area contributed by atoms with Gasteiger partial charge in [-0.25, -0.2) is 0 Å². The van der Waals surface area contributed by atoms with E-state index in [1.165, 1.54) is 4.31 Å². The predicted molar refractivity (Wildman–Crippen MR) is 70.4 cm³/mol. The van der Waals surface area contributed by atoms with Gasteiger partial charge in [-0.05, 0) is 25.7 Å². The molecule has 0 aliphatic carbocycles. The summed E-state index contributed by atoms with van der Waals surface area (Å²) in [4.78, 5) is 0. The number of rotatable bonds is 5. The van der Waals surface area contributed by atoms with Crippen LogP contribution in [0, 0.1) is 5.92 Å². The molecule has 108 valence electrons. The van der Waals surface area contributed by atoms with E-state index < -0.39 is 10.2 Å². The van der Waals surface area contributed by atoms with E-state index in [0.717, 1.165) is 18.4 Å². The van der Waals surface area contributed by atoms with E-state index >= 15 is 0 Å². The van der Waals surface area contributed by atoms with Crippen LogP contribution in [-0.4, -0.2) is 47.7 Å². The first kappa shape index (κ1) is 14.4. The monoisotopic (exact) mass is 288 g/mol. The molecule has 0 saturated carbocycles. The van der Waals surface area contributed by atoms with Crippen LogP contribution in [-0.2, 0) is 10.2 Å². The minimum absolute atomic E-state index is 0.0311. The lowest BCUT2D eigenvalue weighted by Gasteiger charge is -2.31. The SMILES string of the molecule is CC(NS(=O)(=O)N1CCCC(CO)C1)c1cn[nH]c1. The normalized spacial score (nSPS) is 23.4. The van der Waals surface area contributed by atoms with Crippen LogP contribution in [0.2, 0.25) is 0 Å². The molecule has 1 aromatic heterocycles. The molecule has 0 amide bonds. The number of H-pyrrole nitrogens is 1. The van der Waals surface area contributed by atoms with Crippen molar-refractivity contribution in [2.24, 2.45) is 5.92 Å². The molecule has 19 heavy (non-hydrogen) atoms. The van der Waals surface area contributed by atoms with Gasteiger partial charge in [0.15, 0.2) is 0 Å². The zero-order valence-corrected chi connectivity index (χ0v) is 11.7. The Kier molecular flexibility index (Phi) is 4.56. The van der Waals surface area contributed by atoms with Crippen LogP contribution in [0.15, 0.2) is 12.4 Å². The molecule has 3 N–H and O–H groups in total. The van der Waals surface area contributed by atoms with Gasteiger partial charge in [0.1, 0.15) is 0 Å². The van der Waals surface area contributed by atoms with Gasteiger partial charge < -0.3 is 5.11 Å². The molecule has 1 aromatic rings. The Morgan fingerprint density at radius 3 is 3.11 bits per heavy atom. The summed E-state index contributed by atoms with van der Waals surface area (Å²) in [5, 5.41) is 15.6. The Morgan fingerprint density at radius 1 is 1.68 bits per heavy atom. The summed E-state index contributed by atoms with van der Waals surface area (Å²) in [6, 6.07) is -0.335. The van der Waals surface area contributed by atoms with Crippen LogP contribution in [0.1, 0.15) is 31.4 Å². The standard InChI is InChI=1S/C11H20N4O3S/c1-9(11-5-12-13-6-11)14-19(17,18)15-4-2-3-10(7-15)8-16/h5-6,9-10,14,16H,2-4,7-8H2,1H3,(H,12,13). The van der Waals surface area contributed by atoms with Gasteiger partial charge in [0, 0.05) is 37.5 Å². The number of aromatic nitrogens is 2. The topological polar surface area (TPSA) is 98.3 Å².